The van der Waals surface area contributed by atoms with E-state index in [2.05, 4.69) is 4.98 Å². The Bertz CT molecular complexity index is 597. The first-order chi connectivity index (χ1) is 8.78. The van der Waals surface area contributed by atoms with E-state index < -0.39 is 9.84 Å². The van der Waals surface area contributed by atoms with Crippen LogP contribution in [-0.4, -0.2) is 48.8 Å². The van der Waals surface area contributed by atoms with E-state index in [-0.39, 0.29) is 34.4 Å². The average molecular weight is 304 g/mol. The quantitative estimate of drug-likeness (QED) is 0.807. The number of nitrogens with two attached hydrogens (primary N) is 1. The third-order valence-corrected chi connectivity index (χ3v) is 5.08. The van der Waals surface area contributed by atoms with Crippen molar-refractivity contribution < 1.29 is 13.2 Å². The zero-order chi connectivity index (χ0) is 14.2. The van der Waals surface area contributed by atoms with E-state index in [4.69, 9.17) is 17.3 Å². The van der Waals surface area contributed by atoms with Gasteiger partial charge < -0.3 is 10.6 Å². The Hall–Kier alpha value is -1.34. The highest BCUT2D eigenvalue weighted by molar-refractivity contribution is 7.91. The van der Waals surface area contributed by atoms with Gasteiger partial charge in [0.05, 0.1) is 11.5 Å². The number of hydrogen-bond donors (Lipinski definition) is 1. The smallest absolute Gasteiger partial charge is 0.254 e. The van der Waals surface area contributed by atoms with Crippen molar-refractivity contribution in [3.63, 3.8) is 0 Å². The Kier molecular flexibility index (Phi) is 3.69. The number of anilines is 1. The zero-order valence-corrected chi connectivity index (χ0v) is 11.9. The number of rotatable bonds is 2. The molecule has 8 heteroatoms. The molecule has 1 saturated heterocycles. The fraction of sp³-hybridized carbons (Fsp3) is 0.455. The molecule has 1 fully saturated rings. The van der Waals surface area contributed by atoms with E-state index in [0.29, 0.717) is 12.0 Å². The molecular formula is C11H14ClN3O3S. The van der Waals surface area contributed by atoms with Crippen LogP contribution < -0.4 is 5.73 Å². The van der Waals surface area contributed by atoms with Crippen molar-refractivity contribution in [1.29, 1.82) is 0 Å². The van der Waals surface area contributed by atoms with E-state index in [1.54, 1.807) is 7.05 Å². The molecule has 0 radical (unpaired) electrons. The standard InChI is InChI=1S/C11H14ClN3O3S/c1-15(8-2-3-19(17,18)6-8)11(16)7-4-9(12)14-10(13)5-7/h4-5,8H,2-3,6H2,1H3,(H2,13,14). The molecule has 0 aliphatic carbocycles. The maximum absolute atomic E-state index is 12.2. The number of carbonyl (C=O) groups excluding carboxylic acids is 1. The number of pyridine rings is 1. The number of aromatic nitrogens is 1. The second-order valence-corrected chi connectivity index (χ2v) is 7.19. The highest BCUT2D eigenvalue weighted by Gasteiger charge is 2.33. The molecule has 0 aromatic carbocycles. The van der Waals surface area contributed by atoms with Crippen molar-refractivity contribution in [2.45, 2.75) is 12.5 Å². The SMILES string of the molecule is CN(C(=O)c1cc(N)nc(Cl)c1)C1CCS(=O)(=O)C1. The minimum atomic E-state index is -3.03. The summed E-state index contributed by atoms with van der Waals surface area (Å²) in [6.45, 7) is 0. The monoisotopic (exact) mass is 303 g/mol. The Labute approximate surface area is 116 Å². The van der Waals surface area contributed by atoms with Crippen molar-refractivity contribution in [1.82, 2.24) is 9.88 Å². The van der Waals surface area contributed by atoms with Gasteiger partial charge >= 0.3 is 0 Å². The van der Waals surface area contributed by atoms with Gasteiger partial charge in [0, 0.05) is 18.7 Å². The van der Waals surface area contributed by atoms with E-state index in [9.17, 15) is 13.2 Å². The third kappa shape index (κ3) is 3.16. The average Bonchev–Trinajstić information content (AvgIpc) is 2.66. The summed E-state index contributed by atoms with van der Waals surface area (Å²) in [6, 6.07) is 2.54. The van der Waals surface area contributed by atoms with E-state index in [1.165, 1.54) is 17.0 Å². The molecule has 1 aliphatic heterocycles. The summed E-state index contributed by atoms with van der Waals surface area (Å²) in [5, 5.41) is 0.135. The molecule has 1 unspecified atom stereocenters. The number of halogens is 1. The van der Waals surface area contributed by atoms with Crippen molar-refractivity contribution in [2.24, 2.45) is 0 Å². The van der Waals surface area contributed by atoms with Gasteiger partial charge in [-0.05, 0) is 18.6 Å². The summed E-state index contributed by atoms with van der Waals surface area (Å²) in [4.78, 5) is 17.4. The van der Waals surface area contributed by atoms with Crippen molar-refractivity contribution in [2.75, 3.05) is 24.3 Å². The third-order valence-electron chi connectivity index (χ3n) is 3.14. The van der Waals surface area contributed by atoms with Gasteiger partial charge in [-0.25, -0.2) is 13.4 Å². The van der Waals surface area contributed by atoms with Gasteiger partial charge in [-0.3, -0.25) is 4.79 Å². The van der Waals surface area contributed by atoms with Crippen LogP contribution in [-0.2, 0) is 9.84 Å². The first-order valence-electron chi connectivity index (χ1n) is 5.69. The molecule has 2 heterocycles. The molecule has 0 spiro atoms. The van der Waals surface area contributed by atoms with Gasteiger partial charge in [0.25, 0.3) is 5.91 Å². The van der Waals surface area contributed by atoms with E-state index in [1.807, 2.05) is 0 Å². The maximum Gasteiger partial charge on any atom is 0.254 e. The summed E-state index contributed by atoms with van der Waals surface area (Å²) in [5.41, 5.74) is 5.84. The second-order valence-electron chi connectivity index (χ2n) is 4.58. The van der Waals surface area contributed by atoms with Gasteiger partial charge in [0.2, 0.25) is 0 Å². The molecule has 1 aliphatic rings. The lowest BCUT2D eigenvalue weighted by Crippen LogP contribution is -2.37. The Morgan fingerprint density at radius 1 is 1.53 bits per heavy atom. The van der Waals surface area contributed by atoms with Crippen LogP contribution >= 0.6 is 11.6 Å². The lowest BCUT2D eigenvalue weighted by molar-refractivity contribution is 0.0747. The molecular weight excluding hydrogens is 290 g/mol. The van der Waals surface area contributed by atoms with Crippen molar-refractivity contribution >= 4 is 33.2 Å². The molecule has 6 nitrogen and oxygen atoms in total. The van der Waals surface area contributed by atoms with Gasteiger partial charge in [0.15, 0.2) is 9.84 Å². The van der Waals surface area contributed by atoms with Crippen LogP contribution in [0.2, 0.25) is 5.15 Å². The fourth-order valence-electron chi connectivity index (χ4n) is 2.09. The predicted octanol–water partition coefficient (Wildman–Crippen LogP) is 0.576. The van der Waals surface area contributed by atoms with Crippen molar-refractivity contribution in [3.05, 3.63) is 22.8 Å². The van der Waals surface area contributed by atoms with Crippen LogP contribution in [0.1, 0.15) is 16.8 Å². The summed E-state index contributed by atoms with van der Waals surface area (Å²) < 4.78 is 22.8. The van der Waals surface area contributed by atoms with Crippen LogP contribution in [0.4, 0.5) is 5.82 Å². The van der Waals surface area contributed by atoms with Crippen LogP contribution in [0.15, 0.2) is 12.1 Å². The van der Waals surface area contributed by atoms with Crippen LogP contribution in [0.25, 0.3) is 0 Å². The summed E-state index contributed by atoms with van der Waals surface area (Å²) in [7, 11) is -1.45. The minimum Gasteiger partial charge on any atom is -0.384 e. The summed E-state index contributed by atoms with van der Waals surface area (Å²) >= 11 is 5.75. The highest BCUT2D eigenvalue weighted by Crippen LogP contribution is 2.20. The molecule has 0 bridgehead atoms. The number of nitrogen functional groups attached to an aromatic ring is 1. The molecule has 2 N–H and O–H groups in total. The first-order valence-corrected chi connectivity index (χ1v) is 7.89. The van der Waals surface area contributed by atoms with E-state index >= 15 is 0 Å². The van der Waals surface area contributed by atoms with Gasteiger partial charge in [-0.2, -0.15) is 0 Å². The molecule has 104 valence electrons. The number of amides is 1. The lowest BCUT2D eigenvalue weighted by Gasteiger charge is -2.23. The highest BCUT2D eigenvalue weighted by atomic mass is 35.5. The zero-order valence-electron chi connectivity index (χ0n) is 10.3. The van der Waals surface area contributed by atoms with Gasteiger partial charge in [-0.15, -0.1) is 0 Å². The van der Waals surface area contributed by atoms with E-state index in [0.717, 1.165) is 0 Å². The fourth-order valence-corrected chi connectivity index (χ4v) is 4.08. The summed E-state index contributed by atoms with van der Waals surface area (Å²) in [6.07, 6.45) is 0.457. The first kappa shape index (κ1) is 14.1. The van der Waals surface area contributed by atoms with Gasteiger partial charge in [-0.1, -0.05) is 11.6 Å². The molecule has 1 atom stereocenters. The number of nitrogens with zero attached hydrogens (tertiary/aromatic N) is 2. The topological polar surface area (TPSA) is 93.4 Å². The molecule has 1 aromatic rings. The molecule has 0 saturated carbocycles. The molecule has 1 aromatic heterocycles. The Morgan fingerprint density at radius 3 is 2.74 bits per heavy atom. The Morgan fingerprint density at radius 2 is 2.21 bits per heavy atom. The van der Waals surface area contributed by atoms with Crippen molar-refractivity contribution in [3.8, 4) is 0 Å². The molecule has 1 amide bonds. The number of carbonyl (C=O) groups is 1. The number of sulfone groups is 1. The summed E-state index contributed by atoms with van der Waals surface area (Å²) in [5.74, 6) is -0.0284. The lowest BCUT2D eigenvalue weighted by atomic mass is 10.2. The molecule has 2 rings (SSSR count). The normalized spacial score (nSPS) is 21.3. The second kappa shape index (κ2) is 4.97. The molecule has 19 heavy (non-hydrogen) atoms. The van der Waals surface area contributed by atoms with Crippen LogP contribution in [0.5, 0.6) is 0 Å². The Balaban J connectivity index is 2.20. The largest absolute Gasteiger partial charge is 0.384 e. The van der Waals surface area contributed by atoms with Gasteiger partial charge in [0.1, 0.15) is 11.0 Å². The predicted molar refractivity (Wildman–Crippen MR) is 72.8 cm³/mol. The van der Waals surface area contributed by atoms with Crippen LogP contribution in [0, 0.1) is 0 Å². The van der Waals surface area contributed by atoms with Crippen LogP contribution in [0.3, 0.4) is 0 Å². The maximum atomic E-state index is 12.2. The minimum absolute atomic E-state index is 0.00351. The number of hydrogen-bond acceptors (Lipinski definition) is 5.